The van der Waals surface area contributed by atoms with Crippen LogP contribution in [0.4, 0.5) is 13.2 Å². The van der Waals surface area contributed by atoms with Crippen LogP contribution in [0.1, 0.15) is 72.9 Å². The van der Waals surface area contributed by atoms with Gasteiger partial charge in [0.1, 0.15) is 12.7 Å². The summed E-state index contributed by atoms with van der Waals surface area (Å²) < 4.78 is 42.4. The van der Waals surface area contributed by atoms with Crippen molar-refractivity contribution in [1.29, 1.82) is 0 Å². The Labute approximate surface area is 250 Å². The second-order valence-electron chi connectivity index (χ2n) is 13.4. The molecule has 1 amide bonds. The number of likely N-dealkylation sites (tertiary alicyclic amines) is 1. The normalized spacial score (nSPS) is 31.8. The van der Waals surface area contributed by atoms with Crippen molar-refractivity contribution >= 4 is 12.0 Å². The van der Waals surface area contributed by atoms with Gasteiger partial charge in [0.2, 0.25) is 5.91 Å². The molecule has 6 atom stereocenters. The van der Waals surface area contributed by atoms with Gasteiger partial charge in [0.15, 0.2) is 0 Å². The van der Waals surface area contributed by atoms with E-state index in [1.807, 2.05) is 4.57 Å². The van der Waals surface area contributed by atoms with Gasteiger partial charge in [0, 0.05) is 30.6 Å². The molecule has 1 aromatic heterocycles. The number of halogens is 3. The molecule has 1 aliphatic heterocycles. The van der Waals surface area contributed by atoms with Crippen LogP contribution < -0.4 is 5.32 Å². The first-order valence-electron chi connectivity index (χ1n) is 15.4. The summed E-state index contributed by atoms with van der Waals surface area (Å²) in [5, 5.41) is 11.0. The van der Waals surface area contributed by atoms with Crippen molar-refractivity contribution in [2.24, 2.45) is 17.3 Å². The molecule has 2 heterocycles. The summed E-state index contributed by atoms with van der Waals surface area (Å²) in [6, 6.07) is 13.2. The van der Waals surface area contributed by atoms with Gasteiger partial charge in [-0.2, -0.15) is 13.2 Å². The number of alkyl halides is 3. The number of carbonyl (C=O) groups is 1. The van der Waals surface area contributed by atoms with Gasteiger partial charge in [-0.15, -0.1) is 10.2 Å². The second kappa shape index (κ2) is 10.3. The van der Waals surface area contributed by atoms with E-state index in [0.717, 1.165) is 57.3 Å². The molecule has 2 saturated carbocycles. The summed E-state index contributed by atoms with van der Waals surface area (Å²) in [6.07, 6.45) is 8.09. The van der Waals surface area contributed by atoms with E-state index in [1.54, 1.807) is 25.6 Å². The first kappa shape index (κ1) is 28.3. The first-order valence-corrected chi connectivity index (χ1v) is 15.4. The van der Waals surface area contributed by atoms with Crippen molar-refractivity contribution in [3.8, 4) is 0 Å². The molecule has 9 heteroatoms. The van der Waals surface area contributed by atoms with Crippen molar-refractivity contribution in [3.05, 3.63) is 89.0 Å². The van der Waals surface area contributed by atoms with E-state index in [0.29, 0.717) is 23.1 Å². The molecule has 0 bridgehead atoms. The highest BCUT2D eigenvalue weighted by Crippen LogP contribution is 2.61. The molecule has 3 fully saturated rings. The molecule has 4 aliphatic rings. The highest BCUT2D eigenvalue weighted by atomic mass is 19.4. The maximum absolute atomic E-state index is 14.1. The van der Waals surface area contributed by atoms with Gasteiger partial charge in [-0.3, -0.25) is 9.69 Å². The number of aromatic nitrogens is 3. The number of rotatable bonds is 6. The third kappa shape index (κ3) is 4.89. The molecular formula is C34H38F3N5O. The lowest BCUT2D eigenvalue weighted by Gasteiger charge is -2.46. The van der Waals surface area contributed by atoms with Crippen molar-refractivity contribution in [1.82, 2.24) is 25.0 Å². The Kier molecular flexibility index (Phi) is 6.80. The fourth-order valence-electron chi connectivity index (χ4n) is 8.60. The second-order valence-corrected chi connectivity index (χ2v) is 13.4. The fourth-order valence-corrected chi connectivity index (χ4v) is 8.60. The van der Waals surface area contributed by atoms with Crippen LogP contribution in [0.25, 0.3) is 6.08 Å². The summed E-state index contributed by atoms with van der Waals surface area (Å²) in [5.41, 5.74) is 2.57. The van der Waals surface area contributed by atoms with Crippen LogP contribution in [0.2, 0.25) is 0 Å². The maximum Gasteiger partial charge on any atom is 0.416 e. The fraction of sp³-hybridized carbons (Fsp3) is 0.500. The Balaban J connectivity index is 1.09. The number of nitrogens with one attached hydrogen (secondary N) is 1. The molecule has 6 nitrogen and oxygen atoms in total. The predicted molar refractivity (Wildman–Crippen MR) is 158 cm³/mol. The highest BCUT2D eigenvalue weighted by Gasteiger charge is 2.61. The first-order chi connectivity index (χ1) is 20.6. The van der Waals surface area contributed by atoms with Gasteiger partial charge in [0.05, 0.1) is 11.0 Å². The average molecular weight is 590 g/mol. The van der Waals surface area contributed by atoms with Crippen LogP contribution in [0.3, 0.4) is 0 Å². The standard InChI is InChI=1S/C34H38F3N5O/c1-22-13-24(15-26(14-22)34(35,36)37)18-38-31(43)33(29-16-30(29)42-20-39-40-21-42)10-8-27(17-33)41-12-11-32(23(2)19-41)9-7-25-5-3-4-6-28(25)32/h3-7,9,13-15,20-21,23,27,29-30H,8,10-12,16-19H2,1-2H3,(H,38,43)/t23-,27?,29?,30?,32-,33?/m0/s1. The summed E-state index contributed by atoms with van der Waals surface area (Å²) in [5.74, 6) is 0.551. The minimum Gasteiger partial charge on any atom is -0.352 e. The lowest BCUT2D eigenvalue weighted by molar-refractivity contribution is -0.137. The number of allylic oxidation sites excluding steroid dienone is 1. The molecule has 4 unspecified atom stereocenters. The molecule has 2 aromatic carbocycles. The Morgan fingerprint density at radius 2 is 1.91 bits per heavy atom. The molecule has 7 rings (SSSR count). The van der Waals surface area contributed by atoms with E-state index >= 15 is 0 Å². The third-order valence-corrected chi connectivity index (χ3v) is 10.9. The number of aryl methyl sites for hydroxylation is 1. The van der Waals surface area contributed by atoms with Crippen molar-refractivity contribution in [3.63, 3.8) is 0 Å². The smallest absolute Gasteiger partial charge is 0.352 e. The van der Waals surface area contributed by atoms with E-state index in [4.69, 9.17) is 0 Å². The van der Waals surface area contributed by atoms with Crippen molar-refractivity contribution in [2.75, 3.05) is 13.1 Å². The quantitative estimate of drug-likeness (QED) is 0.365. The summed E-state index contributed by atoms with van der Waals surface area (Å²) in [4.78, 5) is 16.7. The SMILES string of the molecule is Cc1cc(CNC(=O)C2(C3CC3n3cnnc3)CCC(N3CC[C@@]4(C=Cc5ccccc54)[C@@H](C)C3)C2)cc(C(F)(F)F)c1. The Morgan fingerprint density at radius 3 is 2.67 bits per heavy atom. The minimum absolute atomic E-state index is 0.0418. The van der Waals surface area contributed by atoms with Gasteiger partial charge >= 0.3 is 6.18 Å². The molecule has 3 aromatic rings. The van der Waals surface area contributed by atoms with E-state index in [-0.39, 0.29) is 29.8 Å². The zero-order valence-electron chi connectivity index (χ0n) is 24.6. The van der Waals surface area contributed by atoms with Gasteiger partial charge in [-0.25, -0.2) is 0 Å². The number of hydrogen-bond donors (Lipinski definition) is 1. The van der Waals surface area contributed by atoms with Gasteiger partial charge in [-0.05, 0) is 86.2 Å². The van der Waals surface area contributed by atoms with E-state index in [2.05, 4.69) is 63.8 Å². The minimum atomic E-state index is -4.43. The van der Waals surface area contributed by atoms with Crippen LogP contribution in [-0.4, -0.2) is 44.7 Å². The summed E-state index contributed by atoms with van der Waals surface area (Å²) in [7, 11) is 0. The summed E-state index contributed by atoms with van der Waals surface area (Å²) in [6.45, 7) is 6.04. The number of benzene rings is 2. The molecule has 1 spiro atoms. The lowest BCUT2D eigenvalue weighted by atomic mass is 9.67. The number of carbonyl (C=O) groups excluding carboxylic acids is 1. The molecule has 43 heavy (non-hydrogen) atoms. The topological polar surface area (TPSA) is 63.1 Å². The van der Waals surface area contributed by atoms with Gasteiger partial charge in [0.25, 0.3) is 0 Å². The zero-order valence-corrected chi connectivity index (χ0v) is 24.6. The number of amides is 1. The molecule has 226 valence electrons. The largest absolute Gasteiger partial charge is 0.416 e. The van der Waals surface area contributed by atoms with Gasteiger partial charge < -0.3 is 9.88 Å². The Morgan fingerprint density at radius 1 is 1.12 bits per heavy atom. The Bertz CT molecular complexity index is 1550. The average Bonchev–Trinajstić information content (AvgIpc) is 3.33. The number of hydrogen-bond acceptors (Lipinski definition) is 4. The van der Waals surface area contributed by atoms with E-state index in [1.165, 1.54) is 11.1 Å². The number of fused-ring (bicyclic) bond motifs is 2. The number of piperidine rings is 1. The molecule has 3 aliphatic carbocycles. The molecule has 0 radical (unpaired) electrons. The van der Waals surface area contributed by atoms with Crippen molar-refractivity contribution < 1.29 is 18.0 Å². The highest BCUT2D eigenvalue weighted by molar-refractivity contribution is 5.84. The van der Waals surface area contributed by atoms with E-state index < -0.39 is 17.2 Å². The monoisotopic (exact) mass is 589 g/mol. The molecule has 1 N–H and O–H groups in total. The predicted octanol–water partition coefficient (Wildman–Crippen LogP) is 6.33. The van der Waals surface area contributed by atoms with Crippen LogP contribution in [0, 0.1) is 24.2 Å². The zero-order chi connectivity index (χ0) is 30.0. The Hall–Kier alpha value is -3.46. The van der Waals surface area contributed by atoms with Crippen LogP contribution in [0.5, 0.6) is 0 Å². The number of nitrogens with zero attached hydrogens (tertiary/aromatic N) is 4. The van der Waals surface area contributed by atoms with Crippen molar-refractivity contribution in [2.45, 2.75) is 76.2 Å². The van der Waals surface area contributed by atoms with Crippen LogP contribution in [0.15, 0.2) is 61.2 Å². The molecule has 1 saturated heterocycles. The maximum atomic E-state index is 14.1. The van der Waals surface area contributed by atoms with Crippen LogP contribution in [-0.2, 0) is 22.9 Å². The van der Waals surface area contributed by atoms with E-state index in [9.17, 15) is 18.0 Å². The lowest BCUT2D eigenvalue weighted by Crippen LogP contribution is -2.51. The third-order valence-electron chi connectivity index (χ3n) is 10.9. The van der Waals surface area contributed by atoms with Crippen LogP contribution >= 0.6 is 0 Å². The summed E-state index contributed by atoms with van der Waals surface area (Å²) >= 11 is 0. The molecular weight excluding hydrogens is 551 g/mol. The van der Waals surface area contributed by atoms with Gasteiger partial charge in [-0.1, -0.05) is 55.0 Å².